The summed E-state index contributed by atoms with van der Waals surface area (Å²) in [7, 11) is 0. The van der Waals surface area contributed by atoms with Gasteiger partial charge in [0, 0.05) is 11.1 Å². The number of hydrogen-bond donors (Lipinski definition) is 2. The van der Waals surface area contributed by atoms with Gasteiger partial charge >= 0.3 is 0 Å². The summed E-state index contributed by atoms with van der Waals surface area (Å²) in [5, 5.41) is 6.44. The van der Waals surface area contributed by atoms with Crippen LogP contribution in [0.1, 0.15) is 21.5 Å². The van der Waals surface area contributed by atoms with Crippen molar-refractivity contribution in [2.45, 2.75) is 6.92 Å². The lowest BCUT2D eigenvalue weighted by Gasteiger charge is -2.06. The molecule has 0 spiro atoms. The Morgan fingerprint density at radius 1 is 1.15 bits per heavy atom. The highest BCUT2D eigenvalue weighted by molar-refractivity contribution is 5.96. The van der Waals surface area contributed by atoms with Gasteiger partial charge in [-0.1, -0.05) is 42.5 Å². The van der Waals surface area contributed by atoms with Gasteiger partial charge in [-0.2, -0.15) is 5.10 Å². The molecule has 0 bridgehead atoms. The number of carbonyl (C=O) groups is 2. The fraction of sp³-hybridized carbons (Fsp3) is 0.150. The lowest BCUT2D eigenvalue weighted by atomic mass is 10.1. The highest BCUT2D eigenvalue weighted by Gasteiger charge is 2.07. The van der Waals surface area contributed by atoms with Crippen molar-refractivity contribution < 1.29 is 14.3 Å². The van der Waals surface area contributed by atoms with Gasteiger partial charge in [-0.25, -0.2) is 5.43 Å². The van der Waals surface area contributed by atoms with Crippen LogP contribution in [0.2, 0.25) is 0 Å². The predicted molar refractivity (Wildman–Crippen MR) is 101 cm³/mol. The number of nitrogens with one attached hydrogen (secondary N) is 2. The Morgan fingerprint density at radius 3 is 2.62 bits per heavy atom. The molecule has 0 saturated heterocycles. The second-order valence-electron chi connectivity index (χ2n) is 5.48. The molecule has 0 heterocycles. The molecule has 0 atom stereocenters. The Bertz CT molecular complexity index is 798. The van der Waals surface area contributed by atoms with Gasteiger partial charge < -0.3 is 10.1 Å². The van der Waals surface area contributed by atoms with E-state index < -0.39 is 5.91 Å². The first kappa shape index (κ1) is 18.9. The maximum atomic E-state index is 11.9. The van der Waals surface area contributed by atoms with E-state index in [0.717, 1.165) is 11.1 Å². The molecule has 6 nitrogen and oxygen atoms in total. The van der Waals surface area contributed by atoms with Gasteiger partial charge in [0.2, 0.25) is 0 Å². The van der Waals surface area contributed by atoms with E-state index in [0.29, 0.717) is 17.9 Å². The molecular formula is C20H21N3O3. The molecule has 2 amide bonds. The second-order valence-corrected chi connectivity index (χ2v) is 5.48. The first-order chi connectivity index (χ1) is 12.6. The number of rotatable bonds is 8. The quantitative estimate of drug-likeness (QED) is 0.435. The number of nitrogens with zero attached hydrogens (tertiary/aromatic N) is 1. The fourth-order valence-corrected chi connectivity index (χ4v) is 2.05. The molecule has 0 aliphatic rings. The van der Waals surface area contributed by atoms with Crippen molar-refractivity contribution >= 4 is 18.0 Å². The minimum absolute atomic E-state index is 0.168. The lowest BCUT2D eigenvalue weighted by molar-refractivity contribution is -0.120. The summed E-state index contributed by atoms with van der Waals surface area (Å²) >= 11 is 0. The molecule has 6 heteroatoms. The van der Waals surface area contributed by atoms with Crippen LogP contribution in [0, 0.1) is 6.92 Å². The Labute approximate surface area is 152 Å². The van der Waals surface area contributed by atoms with Crippen molar-refractivity contribution in [3.63, 3.8) is 0 Å². The molecule has 134 valence electrons. The summed E-state index contributed by atoms with van der Waals surface area (Å²) in [5.74, 6) is -0.100. The van der Waals surface area contributed by atoms with E-state index in [1.165, 1.54) is 6.21 Å². The fourth-order valence-electron chi connectivity index (χ4n) is 2.05. The normalized spacial score (nSPS) is 10.3. The Kier molecular flexibility index (Phi) is 7.12. The maximum absolute atomic E-state index is 11.9. The average Bonchev–Trinajstić information content (AvgIpc) is 2.66. The van der Waals surface area contributed by atoms with Gasteiger partial charge in [-0.15, -0.1) is 0 Å². The average molecular weight is 351 g/mol. The molecule has 0 radical (unpaired) electrons. The molecule has 0 aromatic heterocycles. The number of hydrogen-bond acceptors (Lipinski definition) is 4. The molecule has 26 heavy (non-hydrogen) atoms. The topological polar surface area (TPSA) is 79.8 Å². The molecule has 0 aliphatic carbocycles. The third-order valence-corrected chi connectivity index (χ3v) is 3.39. The smallest absolute Gasteiger partial charge is 0.259 e. The Hall–Kier alpha value is -3.41. The van der Waals surface area contributed by atoms with Crippen molar-refractivity contribution in [3.8, 4) is 5.75 Å². The van der Waals surface area contributed by atoms with Crippen LogP contribution in [0.5, 0.6) is 5.75 Å². The monoisotopic (exact) mass is 351 g/mol. The lowest BCUT2D eigenvalue weighted by Crippen LogP contribution is -2.34. The highest BCUT2D eigenvalue weighted by Crippen LogP contribution is 2.15. The van der Waals surface area contributed by atoms with Crippen LogP contribution >= 0.6 is 0 Å². The first-order valence-electron chi connectivity index (χ1n) is 8.09. The second kappa shape index (κ2) is 9.78. The standard InChI is InChI=1S/C20H21N3O3/c1-3-12-26-18-7-5-4-6-17(18)13-22-23-19(24)14-21-20(25)16-10-8-15(2)9-11-16/h3-11,13H,1,12,14H2,2H3,(H,21,25)(H,23,24)/b22-13+. The summed E-state index contributed by atoms with van der Waals surface area (Å²) in [6.45, 7) is 5.75. The molecule has 0 saturated carbocycles. The number of benzene rings is 2. The van der Waals surface area contributed by atoms with Gasteiger partial charge in [-0.05, 0) is 31.2 Å². The van der Waals surface area contributed by atoms with E-state index in [9.17, 15) is 9.59 Å². The highest BCUT2D eigenvalue weighted by atomic mass is 16.5. The zero-order valence-corrected chi connectivity index (χ0v) is 14.6. The Morgan fingerprint density at radius 2 is 1.88 bits per heavy atom. The molecule has 0 fully saturated rings. The van der Waals surface area contributed by atoms with E-state index in [4.69, 9.17) is 4.74 Å². The summed E-state index contributed by atoms with van der Waals surface area (Å²) in [5.41, 5.74) is 4.65. The number of ether oxygens (including phenoxy) is 1. The van der Waals surface area contributed by atoms with Crippen LogP contribution in [0.15, 0.2) is 66.3 Å². The molecule has 2 N–H and O–H groups in total. The van der Waals surface area contributed by atoms with Crippen molar-refractivity contribution in [1.29, 1.82) is 0 Å². The number of aryl methyl sites for hydroxylation is 1. The number of amides is 2. The molecule has 0 aliphatic heterocycles. The summed E-state index contributed by atoms with van der Waals surface area (Å²) < 4.78 is 5.50. The summed E-state index contributed by atoms with van der Waals surface area (Å²) in [6, 6.07) is 14.4. The minimum Gasteiger partial charge on any atom is -0.489 e. The van der Waals surface area contributed by atoms with Gasteiger partial charge in [0.15, 0.2) is 0 Å². The van der Waals surface area contributed by atoms with Gasteiger partial charge in [0.1, 0.15) is 12.4 Å². The summed E-state index contributed by atoms with van der Waals surface area (Å²) in [6.07, 6.45) is 3.13. The van der Waals surface area contributed by atoms with E-state index in [1.54, 1.807) is 24.3 Å². The van der Waals surface area contributed by atoms with Gasteiger partial charge in [0.05, 0.1) is 12.8 Å². The zero-order chi connectivity index (χ0) is 18.8. The predicted octanol–water partition coefficient (Wildman–Crippen LogP) is 2.44. The van der Waals surface area contributed by atoms with Crippen LogP contribution in [0.25, 0.3) is 0 Å². The van der Waals surface area contributed by atoms with Crippen molar-refractivity contribution in [2.24, 2.45) is 5.10 Å². The molecule has 2 rings (SSSR count). The molecular weight excluding hydrogens is 330 g/mol. The van der Waals surface area contributed by atoms with Crippen LogP contribution in [-0.2, 0) is 4.79 Å². The van der Waals surface area contributed by atoms with Crippen LogP contribution in [0.3, 0.4) is 0 Å². The largest absolute Gasteiger partial charge is 0.489 e. The third kappa shape index (κ3) is 5.90. The first-order valence-corrected chi connectivity index (χ1v) is 8.09. The Balaban J connectivity index is 1.83. The van der Waals surface area contributed by atoms with E-state index in [1.807, 2.05) is 37.3 Å². The maximum Gasteiger partial charge on any atom is 0.259 e. The van der Waals surface area contributed by atoms with E-state index in [-0.39, 0.29) is 12.5 Å². The SMILES string of the molecule is C=CCOc1ccccc1/C=N/NC(=O)CNC(=O)c1ccc(C)cc1. The van der Waals surface area contributed by atoms with Crippen molar-refractivity contribution in [1.82, 2.24) is 10.7 Å². The van der Waals surface area contributed by atoms with Gasteiger partial charge in [-0.3, -0.25) is 9.59 Å². The molecule has 2 aromatic rings. The van der Waals surface area contributed by atoms with E-state index in [2.05, 4.69) is 22.4 Å². The number of carbonyl (C=O) groups excluding carboxylic acids is 2. The number of hydrazone groups is 1. The minimum atomic E-state index is -0.425. The number of para-hydroxylation sites is 1. The zero-order valence-electron chi connectivity index (χ0n) is 14.6. The van der Waals surface area contributed by atoms with Crippen molar-refractivity contribution in [2.75, 3.05) is 13.2 Å². The van der Waals surface area contributed by atoms with Crippen LogP contribution < -0.4 is 15.5 Å². The van der Waals surface area contributed by atoms with Crippen LogP contribution in [-0.4, -0.2) is 31.2 Å². The van der Waals surface area contributed by atoms with Crippen molar-refractivity contribution in [3.05, 3.63) is 77.9 Å². The summed E-state index contributed by atoms with van der Waals surface area (Å²) in [4.78, 5) is 23.7. The third-order valence-electron chi connectivity index (χ3n) is 3.39. The van der Waals surface area contributed by atoms with Gasteiger partial charge in [0.25, 0.3) is 11.8 Å². The molecule has 0 unspecified atom stereocenters. The van der Waals surface area contributed by atoms with E-state index >= 15 is 0 Å². The molecule has 2 aromatic carbocycles. The van der Waals surface area contributed by atoms with Crippen LogP contribution in [0.4, 0.5) is 0 Å².